The molecule has 1 fully saturated rings. The summed E-state index contributed by atoms with van der Waals surface area (Å²) in [6.45, 7) is 5.25. The number of nitrogens with one attached hydrogen (secondary N) is 1. The van der Waals surface area contributed by atoms with E-state index in [2.05, 4.69) is 25.3 Å². The molecule has 3 aromatic heterocycles. The van der Waals surface area contributed by atoms with Gasteiger partial charge in [-0.15, -0.1) is 11.3 Å². The number of nitrogens with zero attached hydrogens (tertiary/aromatic N) is 6. The number of thiazole rings is 1. The van der Waals surface area contributed by atoms with E-state index in [9.17, 15) is 26.7 Å². The number of aliphatic hydroxyl groups is 1. The van der Waals surface area contributed by atoms with Gasteiger partial charge >= 0.3 is 6.18 Å². The van der Waals surface area contributed by atoms with E-state index >= 15 is 0 Å². The number of hydrogen-bond acceptors (Lipinski definition) is 9. The molecule has 10 nitrogen and oxygen atoms in total. The average Bonchev–Trinajstić information content (AvgIpc) is 3.44. The summed E-state index contributed by atoms with van der Waals surface area (Å²) in [5, 5.41) is 13.5. The molecule has 0 unspecified atom stereocenters. The van der Waals surface area contributed by atoms with Crippen LogP contribution in [0.1, 0.15) is 37.8 Å². The van der Waals surface area contributed by atoms with Gasteiger partial charge in [-0.05, 0) is 26.2 Å². The first-order valence-corrected chi connectivity index (χ1v) is 13.3. The van der Waals surface area contributed by atoms with Crippen LogP contribution in [0.15, 0.2) is 29.9 Å². The highest BCUT2D eigenvalue weighted by Gasteiger charge is 2.38. The van der Waals surface area contributed by atoms with Crippen LogP contribution >= 0.6 is 11.3 Å². The molecule has 0 aliphatic carbocycles. The molecule has 0 radical (unpaired) electrons. The summed E-state index contributed by atoms with van der Waals surface area (Å²) in [4.78, 5) is 16.2. The van der Waals surface area contributed by atoms with Gasteiger partial charge in [0.1, 0.15) is 16.2 Å². The minimum absolute atomic E-state index is 0.00547. The highest BCUT2D eigenvalue weighted by Crippen LogP contribution is 2.39. The van der Waals surface area contributed by atoms with Crippen molar-refractivity contribution in [3.63, 3.8) is 0 Å². The van der Waals surface area contributed by atoms with Crippen molar-refractivity contribution in [3.8, 4) is 10.6 Å². The minimum atomic E-state index is -4.69. The molecule has 2 N–H and O–H groups in total. The van der Waals surface area contributed by atoms with Gasteiger partial charge in [-0.2, -0.15) is 17.5 Å². The van der Waals surface area contributed by atoms with E-state index in [0.29, 0.717) is 6.42 Å². The number of alkyl halides is 3. The quantitative estimate of drug-likeness (QED) is 0.484. The number of sulfonamides is 1. The Labute approximate surface area is 210 Å². The average molecular weight is 546 g/mol. The topological polar surface area (TPSA) is 126 Å². The van der Waals surface area contributed by atoms with E-state index in [1.807, 2.05) is 6.92 Å². The fraction of sp³-hybridized carbons (Fsp3) is 0.524. The Morgan fingerprint density at radius 1 is 1.19 bits per heavy atom. The Bertz CT molecular complexity index is 1350. The van der Waals surface area contributed by atoms with Gasteiger partial charge in [0, 0.05) is 44.8 Å². The Hall–Kier alpha value is -2.62. The third-order valence-electron chi connectivity index (χ3n) is 5.82. The zero-order valence-electron chi connectivity index (χ0n) is 20.0. The van der Waals surface area contributed by atoms with Gasteiger partial charge < -0.3 is 15.0 Å². The molecule has 196 valence electrons. The molecular weight excluding hydrogens is 519 g/mol. The first kappa shape index (κ1) is 26.4. The summed E-state index contributed by atoms with van der Waals surface area (Å²) in [5.74, 6) is -0.189. The molecule has 0 spiro atoms. The van der Waals surface area contributed by atoms with Crippen LogP contribution in [0.3, 0.4) is 0 Å². The summed E-state index contributed by atoms with van der Waals surface area (Å²) in [5.41, 5.74) is -2.66. The Morgan fingerprint density at radius 2 is 1.92 bits per heavy atom. The highest BCUT2D eigenvalue weighted by atomic mass is 32.2. The van der Waals surface area contributed by atoms with Crippen LogP contribution in [0, 0.1) is 5.92 Å². The number of halogens is 3. The lowest BCUT2D eigenvalue weighted by Crippen LogP contribution is -2.47. The number of rotatable bonds is 6. The highest BCUT2D eigenvalue weighted by molar-refractivity contribution is 7.89. The minimum Gasteiger partial charge on any atom is -0.383 e. The van der Waals surface area contributed by atoms with Crippen molar-refractivity contribution >= 4 is 27.3 Å². The van der Waals surface area contributed by atoms with E-state index in [-0.39, 0.29) is 51.6 Å². The molecule has 3 aromatic rings. The fourth-order valence-corrected chi connectivity index (χ4v) is 6.32. The third-order valence-corrected chi connectivity index (χ3v) is 8.89. The molecule has 0 amide bonds. The Balaban J connectivity index is 1.56. The van der Waals surface area contributed by atoms with E-state index in [0.717, 1.165) is 17.5 Å². The molecule has 0 bridgehead atoms. The van der Waals surface area contributed by atoms with Crippen LogP contribution < -0.4 is 5.32 Å². The SMILES string of the molecule is C[C@@H]1CN(S(=O)(=O)c2cn(C)cn2)CC[C@@H]1Nc1ncc(C(F)(F)F)c(-c2cnc(C(C)(C)O)s2)n1. The lowest BCUT2D eigenvalue weighted by Gasteiger charge is -2.36. The first-order chi connectivity index (χ1) is 16.7. The number of hydrogen-bond donors (Lipinski definition) is 2. The van der Waals surface area contributed by atoms with Crippen molar-refractivity contribution in [2.45, 2.75) is 50.0 Å². The molecule has 1 aliphatic heterocycles. The zero-order valence-corrected chi connectivity index (χ0v) is 21.6. The first-order valence-electron chi connectivity index (χ1n) is 11.0. The fourth-order valence-electron chi connectivity index (χ4n) is 3.87. The van der Waals surface area contributed by atoms with Gasteiger partial charge in [0.25, 0.3) is 10.0 Å². The Kier molecular flexibility index (Phi) is 6.87. The van der Waals surface area contributed by atoms with Crippen LogP contribution in [-0.4, -0.2) is 61.5 Å². The number of aromatic nitrogens is 5. The predicted molar refractivity (Wildman–Crippen MR) is 127 cm³/mol. The van der Waals surface area contributed by atoms with E-state index in [1.165, 1.54) is 36.9 Å². The standard InChI is InChI=1S/C21H26F3N7O3S2/c1-12-9-31(36(33,34)16-10-30(4)11-27-16)6-5-14(12)28-19-26-7-13(21(22,23)24)17(29-19)15-8-25-18(35-15)20(2,3)32/h7-8,10-12,14,32H,5-6,9H2,1-4H3,(H,26,28,29)/t12-,14+/m1/s1. The van der Waals surface area contributed by atoms with Gasteiger partial charge in [0.15, 0.2) is 5.03 Å². The molecule has 0 saturated carbocycles. The van der Waals surface area contributed by atoms with Gasteiger partial charge in [-0.1, -0.05) is 6.92 Å². The van der Waals surface area contributed by atoms with Crippen molar-refractivity contribution in [2.75, 3.05) is 18.4 Å². The van der Waals surface area contributed by atoms with Crippen LogP contribution in [0.2, 0.25) is 0 Å². The molecule has 0 aromatic carbocycles. The van der Waals surface area contributed by atoms with Gasteiger partial charge in [0.05, 0.1) is 16.9 Å². The van der Waals surface area contributed by atoms with Crippen molar-refractivity contribution in [2.24, 2.45) is 13.0 Å². The Morgan fingerprint density at radius 3 is 2.47 bits per heavy atom. The number of aryl methyl sites for hydroxylation is 1. The van der Waals surface area contributed by atoms with E-state index < -0.39 is 27.4 Å². The molecule has 15 heteroatoms. The lowest BCUT2D eigenvalue weighted by molar-refractivity contribution is -0.137. The van der Waals surface area contributed by atoms with Crippen LogP contribution in [-0.2, 0) is 28.8 Å². The number of imidazole rings is 1. The van der Waals surface area contributed by atoms with Gasteiger partial charge in [-0.3, -0.25) is 0 Å². The maximum atomic E-state index is 13.7. The number of anilines is 1. The van der Waals surface area contributed by atoms with Crippen LogP contribution in [0.4, 0.5) is 19.1 Å². The van der Waals surface area contributed by atoms with Crippen molar-refractivity contribution < 1.29 is 26.7 Å². The van der Waals surface area contributed by atoms with Gasteiger partial charge in [-0.25, -0.2) is 28.4 Å². The second kappa shape index (κ2) is 9.36. The predicted octanol–water partition coefficient (Wildman–Crippen LogP) is 3.09. The smallest absolute Gasteiger partial charge is 0.383 e. The number of piperidine rings is 1. The van der Waals surface area contributed by atoms with Crippen molar-refractivity contribution in [1.82, 2.24) is 28.8 Å². The third kappa shape index (κ3) is 5.38. The largest absolute Gasteiger partial charge is 0.420 e. The maximum absolute atomic E-state index is 13.7. The molecule has 1 saturated heterocycles. The van der Waals surface area contributed by atoms with Crippen LogP contribution in [0.25, 0.3) is 10.6 Å². The summed E-state index contributed by atoms with van der Waals surface area (Å²) in [6, 6.07) is -0.266. The molecule has 36 heavy (non-hydrogen) atoms. The second-order valence-corrected chi connectivity index (χ2v) is 12.2. The summed E-state index contributed by atoms with van der Waals surface area (Å²) in [6.07, 6.45) is 0.534. The van der Waals surface area contributed by atoms with Crippen LogP contribution in [0.5, 0.6) is 0 Å². The molecular formula is C21H26F3N7O3S2. The molecule has 4 rings (SSSR count). The summed E-state index contributed by atoms with van der Waals surface area (Å²) >= 11 is 0.921. The normalized spacial score (nSPS) is 20.0. The monoisotopic (exact) mass is 545 g/mol. The zero-order chi connectivity index (χ0) is 26.5. The summed E-state index contributed by atoms with van der Waals surface area (Å²) in [7, 11) is -2.07. The molecule has 1 aliphatic rings. The lowest BCUT2D eigenvalue weighted by atomic mass is 9.95. The summed E-state index contributed by atoms with van der Waals surface area (Å²) < 4.78 is 69.8. The van der Waals surface area contributed by atoms with E-state index in [4.69, 9.17) is 0 Å². The van der Waals surface area contributed by atoms with Gasteiger partial charge in [0.2, 0.25) is 5.95 Å². The van der Waals surface area contributed by atoms with Crippen molar-refractivity contribution in [1.29, 1.82) is 0 Å². The van der Waals surface area contributed by atoms with E-state index in [1.54, 1.807) is 11.6 Å². The maximum Gasteiger partial charge on any atom is 0.420 e. The molecule has 2 atom stereocenters. The molecule has 4 heterocycles. The second-order valence-electron chi connectivity index (χ2n) is 9.30. The van der Waals surface area contributed by atoms with Crippen molar-refractivity contribution in [3.05, 3.63) is 35.5 Å².